The number of hydrogen-bond donors (Lipinski definition) is 1. The first kappa shape index (κ1) is 14.3. The van der Waals surface area contributed by atoms with Gasteiger partial charge in [-0.3, -0.25) is 4.98 Å². The van der Waals surface area contributed by atoms with Crippen molar-refractivity contribution in [3.8, 4) is 5.75 Å². The first-order chi connectivity index (χ1) is 9.35. The lowest BCUT2D eigenvalue weighted by Gasteiger charge is -2.14. The Labute approximate surface area is 112 Å². The van der Waals surface area contributed by atoms with Gasteiger partial charge in [0.1, 0.15) is 11.6 Å². The maximum atomic E-state index is 12.8. The summed E-state index contributed by atoms with van der Waals surface area (Å²) in [5.74, 6) is -0.886. The van der Waals surface area contributed by atoms with E-state index in [1.807, 2.05) is 0 Å². The van der Waals surface area contributed by atoms with Crippen LogP contribution in [-0.2, 0) is 0 Å². The van der Waals surface area contributed by atoms with Crippen molar-refractivity contribution in [3.63, 3.8) is 0 Å². The zero-order chi connectivity index (χ0) is 14.8. The minimum atomic E-state index is -4.77. The summed E-state index contributed by atoms with van der Waals surface area (Å²) in [5.41, 5.74) is 6.60. The molecule has 0 aliphatic carbocycles. The first-order valence-corrected chi connectivity index (χ1v) is 5.58. The summed E-state index contributed by atoms with van der Waals surface area (Å²) < 4.78 is 53.0. The maximum absolute atomic E-state index is 12.8. The SMILES string of the molecule is NC(c1cccc(OC(F)(F)F)c1)c1ccc(F)cn1. The van der Waals surface area contributed by atoms with E-state index < -0.39 is 18.2 Å². The zero-order valence-corrected chi connectivity index (χ0v) is 10.1. The third kappa shape index (κ3) is 3.67. The van der Waals surface area contributed by atoms with E-state index in [1.54, 1.807) is 6.07 Å². The number of alkyl halides is 3. The molecule has 0 aliphatic heterocycles. The van der Waals surface area contributed by atoms with E-state index in [2.05, 4.69) is 9.72 Å². The second kappa shape index (κ2) is 5.46. The Hall–Kier alpha value is -2.15. The molecule has 7 heteroatoms. The van der Waals surface area contributed by atoms with Gasteiger partial charge in [-0.05, 0) is 29.8 Å². The van der Waals surface area contributed by atoms with Crippen molar-refractivity contribution in [2.24, 2.45) is 5.73 Å². The van der Waals surface area contributed by atoms with E-state index in [0.29, 0.717) is 11.3 Å². The van der Waals surface area contributed by atoms with Gasteiger partial charge in [-0.25, -0.2) is 4.39 Å². The fourth-order valence-electron chi connectivity index (χ4n) is 1.65. The predicted octanol–water partition coefficient (Wildman–Crippen LogP) is 3.17. The van der Waals surface area contributed by atoms with Gasteiger partial charge in [0.25, 0.3) is 0 Å². The standard InChI is InChI=1S/C13H10F4N2O/c14-9-4-5-11(19-7-9)12(18)8-2-1-3-10(6-8)20-13(15,16)17/h1-7,12H,18H2. The van der Waals surface area contributed by atoms with E-state index in [0.717, 1.165) is 6.20 Å². The van der Waals surface area contributed by atoms with Crippen LogP contribution in [0.15, 0.2) is 42.6 Å². The molecule has 1 aromatic carbocycles. The number of halogens is 4. The van der Waals surface area contributed by atoms with Crippen LogP contribution in [0.2, 0.25) is 0 Å². The van der Waals surface area contributed by atoms with Crippen molar-refractivity contribution >= 4 is 0 Å². The van der Waals surface area contributed by atoms with E-state index in [4.69, 9.17) is 5.73 Å². The van der Waals surface area contributed by atoms with Crippen LogP contribution in [0.5, 0.6) is 5.75 Å². The topological polar surface area (TPSA) is 48.1 Å². The van der Waals surface area contributed by atoms with Gasteiger partial charge in [0.05, 0.1) is 17.9 Å². The number of nitrogens with two attached hydrogens (primary N) is 1. The summed E-state index contributed by atoms with van der Waals surface area (Å²) in [6.45, 7) is 0. The van der Waals surface area contributed by atoms with Crippen molar-refractivity contribution in [2.45, 2.75) is 12.4 Å². The third-order valence-corrected chi connectivity index (χ3v) is 2.52. The summed E-state index contributed by atoms with van der Waals surface area (Å²) in [7, 11) is 0. The van der Waals surface area contributed by atoms with Crippen LogP contribution in [0.1, 0.15) is 17.3 Å². The Kier molecular flexibility index (Phi) is 3.89. The van der Waals surface area contributed by atoms with E-state index in [-0.39, 0.29) is 5.75 Å². The van der Waals surface area contributed by atoms with Gasteiger partial charge in [-0.1, -0.05) is 12.1 Å². The highest BCUT2D eigenvalue weighted by Gasteiger charge is 2.31. The van der Waals surface area contributed by atoms with Gasteiger partial charge in [0.2, 0.25) is 0 Å². The summed E-state index contributed by atoms with van der Waals surface area (Å²) in [6, 6.07) is 7.05. The number of aromatic nitrogens is 1. The number of ether oxygens (including phenoxy) is 1. The van der Waals surface area contributed by atoms with Gasteiger partial charge in [0, 0.05) is 0 Å². The molecule has 2 N–H and O–H groups in total. The summed E-state index contributed by atoms with van der Waals surface area (Å²) in [4.78, 5) is 3.80. The smallest absolute Gasteiger partial charge is 0.406 e. The molecule has 0 saturated carbocycles. The van der Waals surface area contributed by atoms with Gasteiger partial charge >= 0.3 is 6.36 Å². The second-order valence-electron chi connectivity index (χ2n) is 4.00. The Morgan fingerprint density at radius 1 is 1.15 bits per heavy atom. The van der Waals surface area contributed by atoms with Crippen molar-refractivity contribution in [1.29, 1.82) is 0 Å². The van der Waals surface area contributed by atoms with Crippen molar-refractivity contribution in [1.82, 2.24) is 4.98 Å². The third-order valence-electron chi connectivity index (χ3n) is 2.52. The lowest BCUT2D eigenvalue weighted by molar-refractivity contribution is -0.274. The molecule has 0 fully saturated rings. The molecule has 1 atom stereocenters. The van der Waals surface area contributed by atoms with Crippen molar-refractivity contribution in [3.05, 3.63) is 59.7 Å². The Balaban J connectivity index is 2.24. The van der Waals surface area contributed by atoms with Crippen LogP contribution in [0.25, 0.3) is 0 Å². The van der Waals surface area contributed by atoms with Gasteiger partial charge in [0.15, 0.2) is 0 Å². The molecule has 20 heavy (non-hydrogen) atoms. The molecule has 0 spiro atoms. The van der Waals surface area contributed by atoms with E-state index >= 15 is 0 Å². The van der Waals surface area contributed by atoms with Crippen molar-refractivity contribution in [2.75, 3.05) is 0 Å². The van der Waals surface area contributed by atoms with Gasteiger partial charge in [-0.2, -0.15) is 0 Å². The number of nitrogens with zero attached hydrogens (tertiary/aromatic N) is 1. The van der Waals surface area contributed by atoms with Crippen LogP contribution in [0, 0.1) is 5.82 Å². The lowest BCUT2D eigenvalue weighted by atomic mass is 10.0. The Morgan fingerprint density at radius 3 is 2.50 bits per heavy atom. The first-order valence-electron chi connectivity index (χ1n) is 5.58. The predicted molar refractivity (Wildman–Crippen MR) is 63.4 cm³/mol. The largest absolute Gasteiger partial charge is 0.573 e. The molecular formula is C13H10F4N2O. The number of pyridine rings is 1. The number of rotatable bonds is 3. The Bertz CT molecular complexity index is 584. The fourth-order valence-corrected chi connectivity index (χ4v) is 1.65. The van der Waals surface area contributed by atoms with E-state index in [9.17, 15) is 17.6 Å². The molecular weight excluding hydrogens is 276 g/mol. The minimum absolute atomic E-state index is 0.343. The summed E-state index contributed by atoms with van der Waals surface area (Å²) in [5, 5.41) is 0. The van der Waals surface area contributed by atoms with Crippen LogP contribution >= 0.6 is 0 Å². The normalized spacial score (nSPS) is 13.1. The molecule has 1 unspecified atom stereocenters. The molecule has 0 radical (unpaired) electrons. The molecule has 106 valence electrons. The number of benzene rings is 1. The van der Waals surface area contributed by atoms with Crippen LogP contribution < -0.4 is 10.5 Å². The molecule has 0 amide bonds. The number of hydrogen-bond acceptors (Lipinski definition) is 3. The summed E-state index contributed by atoms with van der Waals surface area (Å²) >= 11 is 0. The molecule has 1 heterocycles. The second-order valence-corrected chi connectivity index (χ2v) is 4.00. The van der Waals surface area contributed by atoms with Crippen LogP contribution in [0.4, 0.5) is 17.6 Å². The maximum Gasteiger partial charge on any atom is 0.573 e. The monoisotopic (exact) mass is 286 g/mol. The van der Waals surface area contributed by atoms with Crippen molar-refractivity contribution < 1.29 is 22.3 Å². The lowest BCUT2D eigenvalue weighted by Crippen LogP contribution is -2.18. The molecule has 1 aromatic heterocycles. The highest BCUT2D eigenvalue weighted by atomic mass is 19.4. The van der Waals surface area contributed by atoms with Crippen LogP contribution in [-0.4, -0.2) is 11.3 Å². The Morgan fingerprint density at radius 2 is 1.90 bits per heavy atom. The fraction of sp³-hybridized carbons (Fsp3) is 0.154. The minimum Gasteiger partial charge on any atom is -0.406 e. The molecule has 2 rings (SSSR count). The molecule has 0 saturated heterocycles. The van der Waals surface area contributed by atoms with E-state index in [1.165, 1.54) is 30.3 Å². The molecule has 3 nitrogen and oxygen atoms in total. The summed E-state index contributed by atoms with van der Waals surface area (Å²) in [6.07, 6.45) is -3.78. The van der Waals surface area contributed by atoms with Gasteiger partial charge in [-0.15, -0.1) is 13.2 Å². The average Bonchev–Trinajstić information content (AvgIpc) is 2.37. The highest BCUT2D eigenvalue weighted by molar-refractivity contribution is 5.34. The molecule has 0 bridgehead atoms. The zero-order valence-electron chi connectivity index (χ0n) is 10.1. The molecule has 0 aliphatic rings. The quantitative estimate of drug-likeness (QED) is 0.882. The van der Waals surface area contributed by atoms with Crippen LogP contribution in [0.3, 0.4) is 0 Å². The highest BCUT2D eigenvalue weighted by Crippen LogP contribution is 2.26. The average molecular weight is 286 g/mol. The van der Waals surface area contributed by atoms with Gasteiger partial charge < -0.3 is 10.5 Å². The molecule has 2 aromatic rings.